The summed E-state index contributed by atoms with van der Waals surface area (Å²) >= 11 is 0. The van der Waals surface area contributed by atoms with Crippen LogP contribution in [0.25, 0.3) is 0 Å². The largest absolute Gasteiger partial charge is 0.418 e. The molecule has 0 saturated carbocycles. The van der Waals surface area contributed by atoms with Gasteiger partial charge in [-0.1, -0.05) is 6.08 Å². The Bertz CT molecular complexity index is 541. The molecule has 2 rings (SSSR count). The average Bonchev–Trinajstić information content (AvgIpc) is 2.41. The highest BCUT2D eigenvalue weighted by atomic mass is 32.3. The minimum atomic E-state index is -4.80. The third-order valence-electron chi connectivity index (χ3n) is 2.76. The molecule has 0 aromatic carbocycles. The first-order chi connectivity index (χ1) is 8.20. The van der Waals surface area contributed by atoms with Crippen molar-refractivity contribution in [3.63, 3.8) is 0 Å². The molecule has 100 valence electrons. The Labute approximate surface area is 103 Å². The van der Waals surface area contributed by atoms with E-state index in [1.165, 1.54) is 6.08 Å². The van der Waals surface area contributed by atoms with E-state index in [1.807, 2.05) is 0 Å². The van der Waals surface area contributed by atoms with Crippen molar-refractivity contribution in [1.29, 1.82) is 0 Å². The van der Waals surface area contributed by atoms with Crippen molar-refractivity contribution in [3.8, 4) is 0 Å². The van der Waals surface area contributed by atoms with Gasteiger partial charge in [0, 0.05) is 0 Å². The smallest absolute Gasteiger partial charge is 0.368 e. The van der Waals surface area contributed by atoms with Gasteiger partial charge in [-0.2, -0.15) is 13.5 Å². The van der Waals surface area contributed by atoms with Crippen molar-refractivity contribution < 1.29 is 26.8 Å². The predicted molar refractivity (Wildman–Crippen MR) is 57.1 cm³/mol. The molecule has 1 fully saturated rings. The lowest BCUT2D eigenvalue weighted by molar-refractivity contribution is -0.121. The Morgan fingerprint density at radius 2 is 2.22 bits per heavy atom. The number of rotatable bonds is 3. The summed E-state index contributed by atoms with van der Waals surface area (Å²) in [5.41, 5.74) is 5.70. The van der Waals surface area contributed by atoms with Gasteiger partial charge in [0.15, 0.2) is 0 Å². The van der Waals surface area contributed by atoms with Crippen LogP contribution in [-0.4, -0.2) is 53.5 Å². The molecule has 18 heavy (non-hydrogen) atoms. The van der Waals surface area contributed by atoms with E-state index in [1.54, 1.807) is 6.92 Å². The Hall–Kier alpha value is -1.65. The highest BCUT2D eigenvalue weighted by Crippen LogP contribution is 2.29. The Balaban J connectivity index is 2.33. The minimum absolute atomic E-state index is 0.0687. The van der Waals surface area contributed by atoms with E-state index in [0.717, 1.165) is 4.90 Å². The molecule has 0 aromatic rings. The normalized spacial score (nSPS) is 27.4. The van der Waals surface area contributed by atoms with Gasteiger partial charge in [-0.25, -0.2) is 4.79 Å². The molecular weight excluding hydrogens is 266 g/mol. The number of nitrogens with zero attached hydrogens (tertiary/aromatic N) is 2. The van der Waals surface area contributed by atoms with Crippen molar-refractivity contribution in [2.24, 2.45) is 5.73 Å². The van der Waals surface area contributed by atoms with Gasteiger partial charge in [-0.3, -0.25) is 9.35 Å². The monoisotopic (exact) mass is 277 g/mol. The van der Waals surface area contributed by atoms with Crippen LogP contribution in [0.2, 0.25) is 0 Å². The van der Waals surface area contributed by atoms with E-state index in [-0.39, 0.29) is 6.54 Å². The van der Waals surface area contributed by atoms with E-state index in [9.17, 15) is 18.0 Å². The number of hydroxylamine groups is 2. The zero-order valence-corrected chi connectivity index (χ0v) is 10.1. The van der Waals surface area contributed by atoms with Crippen LogP contribution in [0.3, 0.4) is 0 Å². The summed E-state index contributed by atoms with van der Waals surface area (Å²) in [6, 6.07) is -2.45. The van der Waals surface area contributed by atoms with Crippen LogP contribution in [0.1, 0.15) is 6.92 Å². The number of hydrogen-bond acceptors (Lipinski definition) is 5. The lowest BCUT2D eigenvalue weighted by Gasteiger charge is -2.27. The third-order valence-corrected chi connectivity index (χ3v) is 3.11. The van der Waals surface area contributed by atoms with Gasteiger partial charge in [-0.15, -0.1) is 4.28 Å². The molecule has 3 amide bonds. The first kappa shape index (κ1) is 12.8. The van der Waals surface area contributed by atoms with Gasteiger partial charge < -0.3 is 10.6 Å². The first-order valence-electron chi connectivity index (χ1n) is 4.95. The summed E-state index contributed by atoms with van der Waals surface area (Å²) in [6.07, 6.45) is 1.50. The molecule has 2 atom stereocenters. The van der Waals surface area contributed by atoms with E-state index in [0.29, 0.717) is 10.6 Å². The second-order valence-electron chi connectivity index (χ2n) is 4.05. The van der Waals surface area contributed by atoms with E-state index < -0.39 is 34.4 Å². The number of carbonyl (C=O) groups excluding carboxylic acids is 2. The zero-order chi connectivity index (χ0) is 13.7. The molecule has 2 aliphatic heterocycles. The Morgan fingerprint density at radius 1 is 1.61 bits per heavy atom. The molecular formula is C8H11N3O6S. The zero-order valence-electron chi connectivity index (χ0n) is 9.31. The highest BCUT2D eigenvalue weighted by Gasteiger charge is 2.48. The van der Waals surface area contributed by atoms with Crippen molar-refractivity contribution in [3.05, 3.63) is 11.6 Å². The molecule has 0 unspecified atom stereocenters. The molecule has 2 heterocycles. The first-order valence-corrected chi connectivity index (χ1v) is 6.31. The van der Waals surface area contributed by atoms with Gasteiger partial charge in [0.1, 0.15) is 6.04 Å². The molecule has 0 radical (unpaired) electrons. The summed E-state index contributed by atoms with van der Waals surface area (Å²) in [4.78, 5) is 24.2. The minimum Gasteiger partial charge on any atom is -0.368 e. The molecule has 10 heteroatoms. The predicted octanol–water partition coefficient (Wildman–Crippen LogP) is -1.36. The lowest BCUT2D eigenvalue weighted by Crippen LogP contribution is -2.48. The number of amides is 3. The maximum atomic E-state index is 11.8. The fraction of sp³-hybridized carbons (Fsp3) is 0.500. The second-order valence-corrected chi connectivity index (χ2v) is 5.05. The molecule has 0 spiro atoms. The number of primary amides is 1. The maximum absolute atomic E-state index is 11.8. The fourth-order valence-corrected chi connectivity index (χ4v) is 2.54. The standard InChI is InChI=1S/C8H11N3O6S/c1-4-2-5-3-10(6(4)7(9)12)8(13)11(5)17-18(14,15)16/h2,5-6H,3H2,1H3,(H2,9,12)(H,14,15,16)/t5-,6+/m1/s1. The van der Waals surface area contributed by atoms with Crippen molar-refractivity contribution in [2.45, 2.75) is 19.0 Å². The van der Waals surface area contributed by atoms with Gasteiger partial charge in [-0.05, 0) is 12.5 Å². The van der Waals surface area contributed by atoms with Crippen LogP contribution < -0.4 is 5.73 Å². The van der Waals surface area contributed by atoms with Crippen LogP contribution >= 0.6 is 0 Å². The van der Waals surface area contributed by atoms with Crippen LogP contribution in [0, 0.1) is 0 Å². The quantitative estimate of drug-likeness (QED) is 0.484. The third kappa shape index (κ3) is 2.05. The molecule has 3 N–H and O–H groups in total. The summed E-state index contributed by atoms with van der Waals surface area (Å²) in [5.74, 6) is -0.718. The molecule has 2 bridgehead atoms. The van der Waals surface area contributed by atoms with Crippen LogP contribution in [-0.2, 0) is 19.5 Å². The SMILES string of the molecule is CC1=C[C@@H]2CN(C(=O)N2OS(=O)(=O)O)[C@@H]1C(N)=O. The Morgan fingerprint density at radius 3 is 2.72 bits per heavy atom. The number of nitrogens with two attached hydrogens (primary N) is 1. The van der Waals surface area contributed by atoms with Gasteiger partial charge >= 0.3 is 16.4 Å². The molecule has 9 nitrogen and oxygen atoms in total. The van der Waals surface area contributed by atoms with E-state index in [4.69, 9.17) is 10.3 Å². The van der Waals surface area contributed by atoms with Crippen LogP contribution in [0.4, 0.5) is 4.79 Å². The summed E-state index contributed by atoms with van der Waals surface area (Å²) in [5, 5.41) is 0.502. The molecule has 1 saturated heterocycles. The van der Waals surface area contributed by atoms with Gasteiger partial charge in [0.25, 0.3) is 0 Å². The summed E-state index contributed by atoms with van der Waals surface area (Å²) < 4.78 is 34.0. The summed E-state index contributed by atoms with van der Waals surface area (Å²) in [6.45, 7) is 1.66. The fourth-order valence-electron chi connectivity index (χ4n) is 2.17. The number of fused-ring (bicyclic) bond motifs is 2. The second kappa shape index (κ2) is 3.93. The van der Waals surface area contributed by atoms with E-state index in [2.05, 4.69) is 4.28 Å². The topological polar surface area (TPSA) is 130 Å². The van der Waals surface area contributed by atoms with Gasteiger partial charge in [0.05, 0.1) is 12.6 Å². The van der Waals surface area contributed by atoms with Crippen molar-refractivity contribution in [1.82, 2.24) is 9.96 Å². The summed E-state index contributed by atoms with van der Waals surface area (Å²) in [7, 11) is -4.80. The molecule has 2 aliphatic rings. The van der Waals surface area contributed by atoms with Crippen molar-refractivity contribution in [2.75, 3.05) is 6.54 Å². The molecule has 0 aromatic heterocycles. The average molecular weight is 277 g/mol. The lowest BCUT2D eigenvalue weighted by atomic mass is 10.0. The number of carbonyl (C=O) groups is 2. The van der Waals surface area contributed by atoms with Gasteiger partial charge in [0.2, 0.25) is 5.91 Å². The number of hydrogen-bond donors (Lipinski definition) is 2. The van der Waals surface area contributed by atoms with Crippen LogP contribution in [0.5, 0.6) is 0 Å². The molecule has 0 aliphatic carbocycles. The maximum Gasteiger partial charge on any atom is 0.418 e. The van der Waals surface area contributed by atoms with E-state index >= 15 is 0 Å². The number of urea groups is 1. The van der Waals surface area contributed by atoms with Crippen molar-refractivity contribution >= 4 is 22.3 Å². The Kier molecular flexibility index (Phi) is 2.80. The van der Waals surface area contributed by atoms with Crippen LogP contribution in [0.15, 0.2) is 11.6 Å². The highest BCUT2D eigenvalue weighted by molar-refractivity contribution is 7.80.